The van der Waals surface area contributed by atoms with Gasteiger partial charge in [-0.2, -0.15) is 13.2 Å². The zero-order valence-corrected chi connectivity index (χ0v) is 19.2. The molecule has 0 radical (unpaired) electrons. The average Bonchev–Trinajstić information content (AvgIpc) is 2.88. The van der Waals surface area contributed by atoms with Crippen molar-refractivity contribution < 1.29 is 18.0 Å². The van der Waals surface area contributed by atoms with Crippen molar-refractivity contribution in [3.8, 4) is 0 Å². The second-order valence-corrected chi connectivity index (χ2v) is 9.06. The fraction of sp³-hybridized carbons (Fsp3) is 0.346. The second kappa shape index (κ2) is 9.20. The summed E-state index contributed by atoms with van der Waals surface area (Å²) in [4.78, 5) is 26.3. The van der Waals surface area contributed by atoms with Crippen LogP contribution in [0.3, 0.4) is 0 Å². The van der Waals surface area contributed by atoms with E-state index in [4.69, 9.17) is 0 Å². The molecule has 3 heterocycles. The lowest BCUT2D eigenvalue weighted by Crippen LogP contribution is -2.61. The van der Waals surface area contributed by atoms with E-state index in [1.807, 2.05) is 37.3 Å². The molecule has 0 aliphatic carbocycles. The van der Waals surface area contributed by atoms with Gasteiger partial charge in [-0.1, -0.05) is 30.3 Å². The Bertz CT molecular complexity index is 1190. The summed E-state index contributed by atoms with van der Waals surface area (Å²) in [6.07, 6.45) is 0.727. The predicted molar refractivity (Wildman–Crippen MR) is 127 cm³/mol. The number of rotatable bonds is 4. The first-order valence-corrected chi connectivity index (χ1v) is 11.6. The first kappa shape index (κ1) is 23.1. The molecule has 2 aliphatic heterocycles. The van der Waals surface area contributed by atoms with E-state index in [9.17, 15) is 18.0 Å². The van der Waals surface area contributed by atoms with Gasteiger partial charge in [0.05, 0.1) is 29.8 Å². The van der Waals surface area contributed by atoms with E-state index in [2.05, 4.69) is 25.1 Å². The number of alkyl halides is 3. The number of carbonyl (C=O) groups excluding carboxylic acids is 1. The van der Waals surface area contributed by atoms with Gasteiger partial charge in [0.2, 0.25) is 5.91 Å². The van der Waals surface area contributed by atoms with Crippen LogP contribution >= 0.6 is 0 Å². The Balaban J connectivity index is 1.46. The lowest BCUT2D eigenvalue weighted by Gasteiger charge is -2.49. The smallest absolute Gasteiger partial charge is 0.364 e. The maximum Gasteiger partial charge on any atom is 0.416 e. The van der Waals surface area contributed by atoms with Crippen molar-refractivity contribution in [2.45, 2.75) is 31.6 Å². The molecule has 35 heavy (non-hydrogen) atoms. The molecule has 3 atom stereocenters. The largest absolute Gasteiger partial charge is 0.416 e. The summed E-state index contributed by atoms with van der Waals surface area (Å²) >= 11 is 0. The zero-order chi connectivity index (χ0) is 24.6. The van der Waals surface area contributed by atoms with Gasteiger partial charge < -0.3 is 15.1 Å². The van der Waals surface area contributed by atoms with Gasteiger partial charge >= 0.3 is 6.18 Å². The first-order chi connectivity index (χ1) is 16.8. The topological polar surface area (TPSA) is 61.4 Å². The number of benzene rings is 2. The molecule has 2 aliphatic rings. The molecule has 1 aromatic heterocycles. The number of hydrogen-bond acceptors (Lipinski definition) is 5. The number of amides is 1. The Morgan fingerprint density at radius 2 is 1.91 bits per heavy atom. The quantitative estimate of drug-likeness (QED) is 0.604. The highest BCUT2D eigenvalue weighted by molar-refractivity contribution is 5.82. The lowest BCUT2D eigenvalue weighted by atomic mass is 9.82. The zero-order valence-electron chi connectivity index (χ0n) is 19.2. The minimum atomic E-state index is -4.43. The van der Waals surface area contributed by atoms with E-state index in [0.717, 1.165) is 23.1 Å². The van der Waals surface area contributed by atoms with Crippen LogP contribution in [0.2, 0.25) is 0 Å². The van der Waals surface area contributed by atoms with Crippen molar-refractivity contribution in [1.82, 2.24) is 15.3 Å². The van der Waals surface area contributed by atoms with Gasteiger partial charge in [0.25, 0.3) is 0 Å². The molecular weight excluding hydrogens is 455 g/mol. The number of piperazine rings is 1. The third-order valence-electron chi connectivity index (χ3n) is 6.91. The Morgan fingerprint density at radius 3 is 2.63 bits per heavy atom. The molecule has 0 spiro atoms. The number of nitrogens with one attached hydrogen (secondary N) is 1. The Labute approximate surface area is 201 Å². The normalized spacial score (nSPS) is 20.6. The summed E-state index contributed by atoms with van der Waals surface area (Å²) in [5.41, 5.74) is 1.60. The minimum absolute atomic E-state index is 0.166. The molecule has 1 fully saturated rings. The highest BCUT2D eigenvalue weighted by Gasteiger charge is 2.43. The number of aromatic nitrogens is 2. The van der Waals surface area contributed by atoms with Crippen LogP contribution in [-0.4, -0.2) is 41.6 Å². The Kier molecular flexibility index (Phi) is 6.08. The molecule has 0 saturated carbocycles. The van der Waals surface area contributed by atoms with E-state index in [1.54, 1.807) is 24.7 Å². The van der Waals surface area contributed by atoms with Crippen molar-refractivity contribution in [2.24, 2.45) is 5.92 Å². The fourth-order valence-corrected chi connectivity index (χ4v) is 5.11. The average molecular weight is 482 g/mol. The maximum absolute atomic E-state index is 13.6. The Morgan fingerprint density at radius 1 is 1.11 bits per heavy atom. The van der Waals surface area contributed by atoms with Gasteiger partial charge in [0.15, 0.2) is 0 Å². The fourth-order valence-electron chi connectivity index (χ4n) is 5.11. The molecule has 2 aromatic carbocycles. The number of fused-ring (bicyclic) bond motifs is 3. The molecule has 1 N–H and O–H groups in total. The van der Waals surface area contributed by atoms with Gasteiger partial charge in [-0.3, -0.25) is 9.78 Å². The third kappa shape index (κ3) is 4.67. The van der Waals surface area contributed by atoms with Crippen molar-refractivity contribution in [3.05, 3.63) is 83.8 Å². The van der Waals surface area contributed by atoms with Crippen LogP contribution in [0.25, 0.3) is 0 Å². The highest BCUT2D eigenvalue weighted by atomic mass is 19.4. The SMILES string of the molecule is C[C@H](NC(=O)[C@@H]1Cc2cc(C(F)(F)F)ccc2N2CCN(c3cnccn3)C[C@@H]12)c1ccccc1. The van der Waals surface area contributed by atoms with Crippen LogP contribution in [0, 0.1) is 5.92 Å². The number of nitrogens with zero attached hydrogens (tertiary/aromatic N) is 4. The summed E-state index contributed by atoms with van der Waals surface area (Å²) in [6, 6.07) is 13.1. The Hall–Kier alpha value is -3.62. The molecule has 9 heteroatoms. The van der Waals surface area contributed by atoms with Gasteiger partial charge in [0.1, 0.15) is 5.82 Å². The van der Waals surface area contributed by atoms with E-state index in [-0.39, 0.29) is 24.4 Å². The van der Waals surface area contributed by atoms with Crippen LogP contribution in [-0.2, 0) is 17.4 Å². The summed E-state index contributed by atoms with van der Waals surface area (Å²) in [6.45, 7) is 3.63. The van der Waals surface area contributed by atoms with Gasteiger partial charge in [-0.15, -0.1) is 0 Å². The molecule has 6 nitrogen and oxygen atoms in total. The molecule has 1 saturated heterocycles. The van der Waals surface area contributed by atoms with Gasteiger partial charge in [-0.25, -0.2) is 4.98 Å². The standard InChI is InChI=1S/C26H26F3N5O/c1-17(18-5-3-2-4-6-18)32-25(35)21-14-19-13-20(26(27,28)29)7-8-22(19)34-12-11-33(16-23(21)34)24-15-30-9-10-31-24/h2-10,13,15,17,21,23H,11-12,14,16H2,1H3,(H,32,35)/t17-,21+,23-/m0/s1. The van der Waals surface area contributed by atoms with Crippen molar-refractivity contribution >= 4 is 17.4 Å². The van der Waals surface area contributed by atoms with Crippen molar-refractivity contribution in [1.29, 1.82) is 0 Å². The van der Waals surface area contributed by atoms with E-state index in [1.165, 1.54) is 6.07 Å². The van der Waals surface area contributed by atoms with Crippen LogP contribution < -0.4 is 15.1 Å². The monoisotopic (exact) mass is 481 g/mol. The second-order valence-electron chi connectivity index (χ2n) is 9.06. The minimum Gasteiger partial charge on any atom is -0.364 e. The van der Waals surface area contributed by atoms with Gasteiger partial charge in [-0.05, 0) is 42.7 Å². The van der Waals surface area contributed by atoms with Crippen molar-refractivity contribution in [3.63, 3.8) is 0 Å². The number of carbonyl (C=O) groups is 1. The molecular formula is C26H26F3N5O. The number of halogens is 3. The highest BCUT2D eigenvalue weighted by Crippen LogP contribution is 2.40. The predicted octanol–water partition coefficient (Wildman–Crippen LogP) is 4.24. The summed E-state index contributed by atoms with van der Waals surface area (Å²) in [5.74, 6) is 0.0409. The summed E-state index contributed by atoms with van der Waals surface area (Å²) in [5, 5.41) is 3.09. The third-order valence-corrected chi connectivity index (χ3v) is 6.91. The van der Waals surface area contributed by atoms with Gasteiger partial charge in [0, 0.05) is 37.7 Å². The van der Waals surface area contributed by atoms with Crippen LogP contribution in [0.15, 0.2) is 67.1 Å². The number of hydrogen-bond donors (Lipinski definition) is 1. The molecule has 5 rings (SSSR count). The van der Waals surface area contributed by atoms with Crippen molar-refractivity contribution in [2.75, 3.05) is 29.4 Å². The van der Waals surface area contributed by atoms with E-state index < -0.39 is 17.7 Å². The van der Waals surface area contributed by atoms with Crippen LogP contribution in [0.1, 0.15) is 29.7 Å². The van der Waals surface area contributed by atoms with E-state index >= 15 is 0 Å². The summed E-state index contributed by atoms with van der Waals surface area (Å²) < 4.78 is 40.3. The number of anilines is 2. The molecule has 1 amide bonds. The summed E-state index contributed by atoms with van der Waals surface area (Å²) in [7, 11) is 0. The molecule has 0 unspecified atom stereocenters. The van der Waals surface area contributed by atoms with Crippen LogP contribution in [0.5, 0.6) is 0 Å². The molecule has 0 bridgehead atoms. The van der Waals surface area contributed by atoms with Crippen LogP contribution in [0.4, 0.5) is 24.7 Å². The molecule has 3 aromatic rings. The van der Waals surface area contributed by atoms with E-state index in [0.29, 0.717) is 25.2 Å². The lowest BCUT2D eigenvalue weighted by molar-refractivity contribution is -0.137. The maximum atomic E-state index is 13.6. The molecule has 182 valence electrons. The first-order valence-electron chi connectivity index (χ1n) is 11.6.